The van der Waals surface area contributed by atoms with Crippen molar-refractivity contribution >= 4 is 34.4 Å². The number of ketones is 1. The number of Topliss-reactive ketones (excluding diaryl/α,β-unsaturated/α-hetero) is 1. The molecule has 0 spiro atoms. The molecule has 0 radical (unpaired) electrons. The molecule has 0 aliphatic carbocycles. The molecule has 5 heteroatoms. The third-order valence-corrected chi connectivity index (χ3v) is 4.10. The van der Waals surface area contributed by atoms with Gasteiger partial charge in [-0.25, -0.2) is 0 Å². The summed E-state index contributed by atoms with van der Waals surface area (Å²) in [6.07, 6.45) is 0. The molecule has 2 aromatic rings. The maximum absolute atomic E-state index is 12.0. The van der Waals surface area contributed by atoms with Crippen molar-refractivity contribution in [3.05, 3.63) is 40.2 Å². The van der Waals surface area contributed by atoms with E-state index in [4.69, 9.17) is 17.3 Å². The van der Waals surface area contributed by atoms with Gasteiger partial charge in [-0.15, -0.1) is 11.3 Å². The number of likely N-dealkylation sites (N-methyl/N-ethyl adjacent to an activating group) is 1. The number of nitrogens with zero attached hydrogens (tertiary/aromatic N) is 1. The fourth-order valence-electron chi connectivity index (χ4n) is 1.74. The van der Waals surface area contributed by atoms with Crippen LogP contribution >= 0.6 is 22.9 Å². The molecule has 100 valence electrons. The highest BCUT2D eigenvalue weighted by Gasteiger charge is 2.15. The molecule has 1 heterocycles. The number of thiophene rings is 1. The summed E-state index contributed by atoms with van der Waals surface area (Å²) in [6, 6.07) is 9.35. The Morgan fingerprint density at radius 3 is 2.53 bits per heavy atom. The van der Waals surface area contributed by atoms with Gasteiger partial charge in [0.25, 0.3) is 0 Å². The summed E-state index contributed by atoms with van der Waals surface area (Å²) in [7, 11) is 3.73. The van der Waals surface area contributed by atoms with Crippen molar-refractivity contribution < 1.29 is 4.79 Å². The third-order valence-electron chi connectivity index (χ3n) is 2.60. The van der Waals surface area contributed by atoms with E-state index in [-0.39, 0.29) is 5.78 Å². The molecule has 0 fully saturated rings. The molecule has 3 nitrogen and oxygen atoms in total. The van der Waals surface area contributed by atoms with Crippen LogP contribution in [0.2, 0.25) is 5.02 Å². The van der Waals surface area contributed by atoms with Gasteiger partial charge in [0, 0.05) is 9.90 Å². The van der Waals surface area contributed by atoms with Crippen LogP contribution in [0.25, 0.3) is 10.4 Å². The van der Waals surface area contributed by atoms with Crippen LogP contribution in [-0.4, -0.2) is 31.3 Å². The molecule has 0 aliphatic heterocycles. The summed E-state index contributed by atoms with van der Waals surface area (Å²) in [5, 5.41) is 0.692. The molecular formula is C14H15ClN2OS. The predicted octanol–water partition coefficient (Wildman–Crippen LogP) is 3.40. The van der Waals surface area contributed by atoms with Crippen molar-refractivity contribution in [3.8, 4) is 10.4 Å². The number of halogens is 1. The van der Waals surface area contributed by atoms with Crippen LogP contribution in [0.1, 0.15) is 9.67 Å². The number of hydrogen-bond acceptors (Lipinski definition) is 4. The van der Waals surface area contributed by atoms with Gasteiger partial charge in [0.15, 0.2) is 5.78 Å². The highest BCUT2D eigenvalue weighted by molar-refractivity contribution is 7.18. The zero-order valence-corrected chi connectivity index (χ0v) is 12.4. The summed E-state index contributed by atoms with van der Waals surface area (Å²) in [5.74, 6) is 0.0488. The number of carbonyl (C=O) groups is 1. The molecule has 0 bridgehead atoms. The van der Waals surface area contributed by atoms with Crippen LogP contribution in [-0.2, 0) is 0 Å². The van der Waals surface area contributed by atoms with Crippen LogP contribution in [0.4, 0.5) is 5.69 Å². The maximum Gasteiger partial charge on any atom is 0.188 e. The number of nitrogen functional groups attached to an aromatic ring is 1. The Kier molecular flexibility index (Phi) is 4.24. The molecule has 2 N–H and O–H groups in total. The van der Waals surface area contributed by atoms with Crippen molar-refractivity contribution in [3.63, 3.8) is 0 Å². The Bertz CT molecular complexity index is 590. The average Bonchev–Trinajstić information content (AvgIpc) is 2.71. The lowest BCUT2D eigenvalue weighted by Crippen LogP contribution is -2.21. The smallest absolute Gasteiger partial charge is 0.188 e. The lowest BCUT2D eigenvalue weighted by Gasteiger charge is -2.07. The van der Waals surface area contributed by atoms with Crippen LogP contribution in [0.5, 0.6) is 0 Å². The van der Waals surface area contributed by atoms with E-state index in [1.54, 1.807) is 0 Å². The first kappa shape index (κ1) is 14.1. The molecule has 1 aromatic heterocycles. The van der Waals surface area contributed by atoms with E-state index in [2.05, 4.69) is 0 Å². The molecule has 0 unspecified atom stereocenters. The fourth-order valence-corrected chi connectivity index (χ4v) is 2.88. The van der Waals surface area contributed by atoms with Crippen molar-refractivity contribution in [2.75, 3.05) is 26.4 Å². The number of hydrogen-bond donors (Lipinski definition) is 1. The maximum atomic E-state index is 12.0. The van der Waals surface area contributed by atoms with Gasteiger partial charge in [-0.05, 0) is 37.9 Å². The minimum absolute atomic E-state index is 0.0488. The monoisotopic (exact) mass is 294 g/mol. The second-order valence-electron chi connectivity index (χ2n) is 4.56. The fraction of sp³-hybridized carbons (Fsp3) is 0.214. The summed E-state index contributed by atoms with van der Waals surface area (Å²) < 4.78 is 0. The molecule has 2 rings (SSSR count). The van der Waals surface area contributed by atoms with E-state index in [0.717, 1.165) is 10.4 Å². The summed E-state index contributed by atoms with van der Waals surface area (Å²) in [6.45, 7) is 0.366. The van der Waals surface area contributed by atoms with E-state index < -0.39 is 0 Å². The van der Waals surface area contributed by atoms with E-state index >= 15 is 0 Å². The van der Waals surface area contributed by atoms with Gasteiger partial charge in [-0.3, -0.25) is 4.79 Å². The van der Waals surface area contributed by atoms with Gasteiger partial charge in [0.2, 0.25) is 0 Å². The molecular weight excluding hydrogens is 280 g/mol. The second kappa shape index (κ2) is 5.74. The summed E-state index contributed by atoms with van der Waals surface area (Å²) >= 11 is 7.29. The first-order valence-corrected chi connectivity index (χ1v) is 7.00. The normalized spacial score (nSPS) is 10.9. The van der Waals surface area contributed by atoms with Crippen molar-refractivity contribution in [1.29, 1.82) is 0 Å². The molecule has 0 amide bonds. The summed E-state index contributed by atoms with van der Waals surface area (Å²) in [5.41, 5.74) is 7.49. The van der Waals surface area contributed by atoms with Gasteiger partial charge in [-0.1, -0.05) is 23.7 Å². The zero-order valence-electron chi connectivity index (χ0n) is 10.8. The number of carbonyl (C=O) groups excluding carboxylic acids is 1. The van der Waals surface area contributed by atoms with E-state index in [0.29, 0.717) is 22.1 Å². The van der Waals surface area contributed by atoms with E-state index in [1.165, 1.54) is 11.3 Å². The molecule has 19 heavy (non-hydrogen) atoms. The zero-order chi connectivity index (χ0) is 14.0. The molecule has 0 saturated carbocycles. The number of anilines is 1. The first-order valence-electron chi connectivity index (χ1n) is 5.80. The Balaban J connectivity index is 2.30. The van der Waals surface area contributed by atoms with Gasteiger partial charge < -0.3 is 10.6 Å². The topological polar surface area (TPSA) is 46.3 Å². The number of rotatable bonds is 4. The number of benzene rings is 1. The van der Waals surface area contributed by atoms with Gasteiger partial charge in [-0.2, -0.15) is 0 Å². The van der Waals surface area contributed by atoms with E-state index in [9.17, 15) is 4.79 Å². The van der Waals surface area contributed by atoms with Gasteiger partial charge in [0.1, 0.15) is 0 Å². The van der Waals surface area contributed by atoms with Crippen molar-refractivity contribution in [1.82, 2.24) is 4.90 Å². The minimum Gasteiger partial charge on any atom is -0.397 e. The standard InChI is InChI=1S/C14H15ClN2OS/c1-17(2)8-12(18)14-11(16)7-13(19-14)9-3-5-10(15)6-4-9/h3-7H,8,16H2,1-2H3. The van der Waals surface area contributed by atoms with Crippen LogP contribution in [0.15, 0.2) is 30.3 Å². The van der Waals surface area contributed by atoms with Crippen molar-refractivity contribution in [2.45, 2.75) is 0 Å². The molecule has 0 aliphatic rings. The Hall–Kier alpha value is -1.36. The van der Waals surface area contributed by atoms with Gasteiger partial charge in [0.05, 0.1) is 17.1 Å². The molecule has 0 saturated heterocycles. The average molecular weight is 295 g/mol. The predicted molar refractivity (Wildman–Crippen MR) is 82.1 cm³/mol. The number of nitrogens with two attached hydrogens (primary N) is 1. The second-order valence-corrected chi connectivity index (χ2v) is 6.05. The third kappa shape index (κ3) is 3.35. The SMILES string of the molecule is CN(C)CC(=O)c1sc(-c2ccc(Cl)cc2)cc1N. The minimum atomic E-state index is 0.0488. The van der Waals surface area contributed by atoms with Crippen molar-refractivity contribution in [2.24, 2.45) is 0 Å². The van der Waals surface area contributed by atoms with Crippen LogP contribution in [0, 0.1) is 0 Å². The largest absolute Gasteiger partial charge is 0.397 e. The molecule has 0 atom stereocenters. The lowest BCUT2D eigenvalue weighted by atomic mass is 10.2. The Morgan fingerprint density at radius 2 is 1.95 bits per heavy atom. The Morgan fingerprint density at radius 1 is 1.32 bits per heavy atom. The lowest BCUT2D eigenvalue weighted by molar-refractivity contribution is 0.0962. The van der Waals surface area contributed by atoms with Crippen LogP contribution in [0.3, 0.4) is 0 Å². The first-order chi connectivity index (χ1) is 8.97. The quantitative estimate of drug-likeness (QED) is 0.879. The van der Waals surface area contributed by atoms with E-state index in [1.807, 2.05) is 49.3 Å². The van der Waals surface area contributed by atoms with Crippen LogP contribution < -0.4 is 5.73 Å². The summed E-state index contributed by atoms with van der Waals surface area (Å²) in [4.78, 5) is 15.5. The Labute approximate surface area is 121 Å². The highest BCUT2D eigenvalue weighted by Crippen LogP contribution is 2.34. The highest BCUT2D eigenvalue weighted by atomic mass is 35.5. The molecule has 1 aromatic carbocycles. The van der Waals surface area contributed by atoms with Gasteiger partial charge >= 0.3 is 0 Å².